The molecule has 9 heteroatoms. The van der Waals surface area contributed by atoms with E-state index in [2.05, 4.69) is 22.8 Å². The summed E-state index contributed by atoms with van der Waals surface area (Å²) in [7, 11) is 1.48. The maximum absolute atomic E-state index is 13.4. The first kappa shape index (κ1) is 30.5. The van der Waals surface area contributed by atoms with E-state index in [4.69, 9.17) is 9.72 Å². The zero-order valence-corrected chi connectivity index (χ0v) is 23.4. The molecule has 214 valence electrons. The van der Waals surface area contributed by atoms with Gasteiger partial charge < -0.3 is 25.4 Å². The zero-order chi connectivity index (χ0) is 28.3. The number of carboxylic acid groups (broad SMARTS) is 1. The molecule has 3 rings (SSSR count). The minimum absolute atomic E-state index is 0.201. The predicted molar refractivity (Wildman–Crippen MR) is 151 cm³/mol. The third-order valence-electron chi connectivity index (χ3n) is 7.48. The molecule has 8 nitrogen and oxygen atoms in total. The minimum atomic E-state index is -1.09. The number of carboxylic acids is 1. The fraction of sp³-hybridized carbons (Fsp3) is 0.567. The van der Waals surface area contributed by atoms with E-state index in [1.807, 2.05) is 35.2 Å². The largest absolute Gasteiger partial charge is 0.480 e. The lowest BCUT2D eigenvalue weighted by Gasteiger charge is -2.29. The molecule has 0 fully saturated rings. The lowest BCUT2D eigenvalue weighted by atomic mass is 9.83. The molecule has 0 unspecified atom stereocenters. The first-order chi connectivity index (χ1) is 18.7. The van der Waals surface area contributed by atoms with E-state index in [-0.39, 0.29) is 12.3 Å². The van der Waals surface area contributed by atoms with Gasteiger partial charge in [0.25, 0.3) is 0 Å². The number of carbonyl (C=O) groups is 2. The fourth-order valence-electron chi connectivity index (χ4n) is 4.81. The summed E-state index contributed by atoms with van der Waals surface area (Å²) in [5, 5.41) is 15.9. The van der Waals surface area contributed by atoms with Crippen LogP contribution in [0.5, 0.6) is 0 Å². The number of fused-ring (bicyclic) bond motifs is 1. The van der Waals surface area contributed by atoms with Crippen molar-refractivity contribution in [2.45, 2.75) is 69.9 Å². The van der Waals surface area contributed by atoms with Crippen LogP contribution in [0, 0.1) is 0 Å². The van der Waals surface area contributed by atoms with Crippen LogP contribution in [0.3, 0.4) is 0 Å². The topological polar surface area (TPSA) is 104 Å². The number of halogens is 1. The number of rotatable bonds is 16. The molecule has 1 aromatic heterocycles. The summed E-state index contributed by atoms with van der Waals surface area (Å²) in [6, 6.07) is 12.5. The third kappa shape index (κ3) is 9.00. The van der Waals surface area contributed by atoms with Crippen LogP contribution in [-0.4, -0.2) is 79.0 Å². The average molecular weight is 543 g/mol. The summed E-state index contributed by atoms with van der Waals surface area (Å²) in [5.74, 6) is -0.449. The number of amides is 1. The maximum atomic E-state index is 13.4. The number of aryl methyl sites for hydroxylation is 2. The average Bonchev–Trinajstić information content (AvgIpc) is 2.95. The van der Waals surface area contributed by atoms with Gasteiger partial charge in [0.15, 0.2) is 0 Å². The van der Waals surface area contributed by atoms with E-state index >= 15 is 0 Å². The zero-order valence-electron chi connectivity index (χ0n) is 23.4. The molecular formula is C30H43FN4O4. The molecule has 1 aliphatic rings. The number of methoxy groups -OCH3 is 1. The summed E-state index contributed by atoms with van der Waals surface area (Å²) in [4.78, 5) is 31.9. The third-order valence-corrected chi connectivity index (χ3v) is 7.48. The van der Waals surface area contributed by atoms with Crippen LogP contribution in [0.4, 0.5) is 10.2 Å². The second-order valence-electron chi connectivity index (χ2n) is 10.8. The lowest BCUT2D eigenvalue weighted by molar-refractivity contribution is -0.143. The van der Waals surface area contributed by atoms with Crippen LogP contribution in [0.2, 0.25) is 0 Å². The Morgan fingerprint density at radius 2 is 1.95 bits per heavy atom. The number of aromatic nitrogens is 1. The van der Waals surface area contributed by atoms with Crippen molar-refractivity contribution < 1.29 is 23.8 Å². The van der Waals surface area contributed by atoms with E-state index in [0.717, 1.165) is 55.7 Å². The first-order valence-electron chi connectivity index (χ1n) is 13.9. The SMILES string of the molecule is CO[C@H](CF)CN(CCCCc1ccc2c(n1)NCCC2)CC[C@H](NC(=O)C(C)(C)c1ccccc1)C(=O)O. The number of nitrogens with one attached hydrogen (secondary N) is 2. The van der Waals surface area contributed by atoms with Crippen molar-refractivity contribution in [1.29, 1.82) is 0 Å². The van der Waals surface area contributed by atoms with Gasteiger partial charge in [-0.2, -0.15) is 0 Å². The number of aliphatic carboxylic acids is 1. The molecule has 0 radical (unpaired) electrons. The van der Waals surface area contributed by atoms with Gasteiger partial charge in [-0.3, -0.25) is 4.79 Å². The van der Waals surface area contributed by atoms with Gasteiger partial charge in [-0.1, -0.05) is 36.4 Å². The Morgan fingerprint density at radius 3 is 2.64 bits per heavy atom. The molecule has 2 atom stereocenters. The number of unbranched alkanes of at least 4 members (excludes halogenated alkanes) is 1. The number of hydrogen-bond donors (Lipinski definition) is 3. The smallest absolute Gasteiger partial charge is 0.326 e. The molecule has 39 heavy (non-hydrogen) atoms. The molecule has 1 amide bonds. The van der Waals surface area contributed by atoms with Gasteiger partial charge in [0.05, 0.1) is 11.5 Å². The maximum Gasteiger partial charge on any atom is 0.326 e. The van der Waals surface area contributed by atoms with Crippen LogP contribution in [0.1, 0.15) is 56.4 Å². The molecule has 2 heterocycles. The Balaban J connectivity index is 1.55. The molecule has 0 spiro atoms. The number of benzene rings is 1. The highest BCUT2D eigenvalue weighted by Gasteiger charge is 2.33. The Bertz CT molecular complexity index is 1060. The number of hydrogen-bond acceptors (Lipinski definition) is 6. The van der Waals surface area contributed by atoms with Crippen molar-refractivity contribution in [3.8, 4) is 0 Å². The molecule has 1 aliphatic heterocycles. The number of pyridine rings is 1. The van der Waals surface area contributed by atoms with Gasteiger partial charge in [0, 0.05) is 32.4 Å². The Hall–Kier alpha value is -3.04. The van der Waals surface area contributed by atoms with E-state index in [9.17, 15) is 19.1 Å². The fourth-order valence-corrected chi connectivity index (χ4v) is 4.81. The highest BCUT2D eigenvalue weighted by molar-refractivity contribution is 5.90. The number of anilines is 1. The summed E-state index contributed by atoms with van der Waals surface area (Å²) >= 11 is 0. The lowest BCUT2D eigenvalue weighted by Crippen LogP contribution is -2.49. The van der Waals surface area contributed by atoms with Gasteiger partial charge in [0.2, 0.25) is 5.91 Å². The first-order valence-corrected chi connectivity index (χ1v) is 13.9. The van der Waals surface area contributed by atoms with Crippen LogP contribution in [0.25, 0.3) is 0 Å². The van der Waals surface area contributed by atoms with Gasteiger partial charge >= 0.3 is 5.97 Å². The molecule has 0 bridgehead atoms. The van der Waals surface area contributed by atoms with Crippen molar-refractivity contribution in [1.82, 2.24) is 15.2 Å². The second-order valence-corrected chi connectivity index (χ2v) is 10.8. The van der Waals surface area contributed by atoms with E-state index in [1.54, 1.807) is 13.8 Å². The van der Waals surface area contributed by atoms with Crippen LogP contribution in [-0.2, 0) is 32.6 Å². The van der Waals surface area contributed by atoms with Crippen molar-refractivity contribution in [2.75, 3.05) is 45.3 Å². The van der Waals surface area contributed by atoms with E-state index < -0.39 is 30.2 Å². The number of alkyl halides is 1. The quantitative estimate of drug-likeness (QED) is 0.276. The number of ether oxygens (including phenoxy) is 1. The van der Waals surface area contributed by atoms with Crippen molar-refractivity contribution in [3.05, 3.63) is 59.3 Å². The number of nitrogens with zero attached hydrogens (tertiary/aromatic N) is 2. The molecule has 2 aromatic rings. The summed E-state index contributed by atoms with van der Waals surface area (Å²) in [6.45, 7) is 5.30. The normalized spacial score (nSPS) is 14.8. The van der Waals surface area contributed by atoms with Crippen molar-refractivity contribution in [3.63, 3.8) is 0 Å². The van der Waals surface area contributed by atoms with Crippen LogP contribution in [0.15, 0.2) is 42.5 Å². The monoisotopic (exact) mass is 542 g/mol. The molecule has 0 saturated carbocycles. The van der Waals surface area contributed by atoms with Gasteiger partial charge in [-0.25, -0.2) is 14.2 Å². The van der Waals surface area contributed by atoms with E-state index in [1.165, 1.54) is 12.7 Å². The van der Waals surface area contributed by atoms with Gasteiger partial charge in [-0.05, 0) is 76.1 Å². The highest BCUT2D eigenvalue weighted by atomic mass is 19.1. The number of carbonyl (C=O) groups excluding carboxylic acids is 1. The summed E-state index contributed by atoms with van der Waals surface area (Å²) in [6.07, 6.45) is 4.38. The molecule has 0 aliphatic carbocycles. The Morgan fingerprint density at radius 1 is 1.18 bits per heavy atom. The second kappa shape index (κ2) is 14.9. The predicted octanol–water partition coefficient (Wildman–Crippen LogP) is 3.99. The van der Waals surface area contributed by atoms with Crippen LogP contribution < -0.4 is 10.6 Å². The Kier molecular flexibility index (Phi) is 11.7. The van der Waals surface area contributed by atoms with Crippen LogP contribution >= 0.6 is 0 Å². The Labute approximate surface area is 231 Å². The van der Waals surface area contributed by atoms with Gasteiger partial charge in [0.1, 0.15) is 18.5 Å². The van der Waals surface area contributed by atoms with Gasteiger partial charge in [-0.15, -0.1) is 0 Å². The highest BCUT2D eigenvalue weighted by Crippen LogP contribution is 2.23. The molecule has 1 aromatic carbocycles. The summed E-state index contributed by atoms with van der Waals surface area (Å²) in [5.41, 5.74) is 2.23. The van der Waals surface area contributed by atoms with Crippen molar-refractivity contribution >= 4 is 17.7 Å². The minimum Gasteiger partial charge on any atom is -0.480 e. The van der Waals surface area contributed by atoms with Crippen molar-refractivity contribution in [2.24, 2.45) is 0 Å². The summed E-state index contributed by atoms with van der Waals surface area (Å²) < 4.78 is 18.7. The standard InChI is InChI=1S/C30H43FN4O4/c1-30(2,23-11-5-4-6-12-23)29(38)34-26(28(36)37)16-19-35(21-25(20-31)39-3)18-8-7-13-24-15-14-22-10-9-17-32-27(22)33-24/h4-6,11-12,14-15,25-26H,7-10,13,16-21H2,1-3H3,(H,32,33)(H,34,38)(H,36,37)/t25-,26+/m1/s1. The molecular weight excluding hydrogens is 499 g/mol. The molecule has 3 N–H and O–H groups in total. The molecule has 0 saturated heterocycles. The van der Waals surface area contributed by atoms with E-state index in [0.29, 0.717) is 19.6 Å².